The Balaban J connectivity index is 2.74. The summed E-state index contributed by atoms with van der Waals surface area (Å²) in [6.45, 7) is 4.01. The van der Waals surface area contributed by atoms with Crippen LogP contribution in [0.3, 0.4) is 0 Å². The molecule has 0 aromatic heterocycles. The van der Waals surface area contributed by atoms with Crippen molar-refractivity contribution in [3.63, 3.8) is 0 Å². The molecule has 1 aliphatic rings. The molecule has 1 aliphatic carbocycles. The minimum Gasteiger partial charge on any atom is -0.481 e. The van der Waals surface area contributed by atoms with Crippen molar-refractivity contribution in [2.24, 2.45) is 5.41 Å². The molecule has 0 bridgehead atoms. The van der Waals surface area contributed by atoms with Crippen LogP contribution < -0.4 is 0 Å². The van der Waals surface area contributed by atoms with E-state index in [0.717, 1.165) is 25.7 Å². The highest BCUT2D eigenvalue weighted by Crippen LogP contribution is 2.45. The first kappa shape index (κ1) is 10.3. The van der Waals surface area contributed by atoms with Crippen LogP contribution in [0.1, 0.15) is 39.5 Å². The lowest BCUT2D eigenvalue weighted by atomic mass is 9.71. The molecule has 0 saturated heterocycles. The lowest BCUT2D eigenvalue weighted by Gasteiger charge is -2.38. The number of carboxylic acids is 1. The number of aliphatic carboxylic acids is 1. The molecule has 0 heterocycles. The summed E-state index contributed by atoms with van der Waals surface area (Å²) < 4.78 is 0.184. The highest BCUT2D eigenvalue weighted by atomic mass is 127. The zero-order valence-electron chi connectivity index (χ0n) is 7.56. The van der Waals surface area contributed by atoms with Crippen molar-refractivity contribution >= 4 is 28.6 Å². The standard InChI is InChI=1S/C9H15IO2/c1-8(7(11)12)4-3-5-9(2,10)6-8/h3-6H2,1-2H3,(H,11,12)/t8-,9-/m1/s1. The van der Waals surface area contributed by atoms with Crippen LogP contribution in [0.4, 0.5) is 0 Å². The van der Waals surface area contributed by atoms with Gasteiger partial charge in [-0.05, 0) is 26.2 Å². The van der Waals surface area contributed by atoms with Crippen molar-refractivity contribution in [1.82, 2.24) is 0 Å². The Morgan fingerprint density at radius 3 is 2.33 bits per heavy atom. The lowest BCUT2D eigenvalue weighted by Crippen LogP contribution is -2.38. The van der Waals surface area contributed by atoms with Crippen molar-refractivity contribution in [3.8, 4) is 0 Å². The van der Waals surface area contributed by atoms with Crippen molar-refractivity contribution in [2.75, 3.05) is 0 Å². The van der Waals surface area contributed by atoms with Crippen molar-refractivity contribution in [3.05, 3.63) is 0 Å². The third-order valence-electron chi connectivity index (χ3n) is 2.70. The maximum Gasteiger partial charge on any atom is 0.309 e. The average Bonchev–Trinajstić information content (AvgIpc) is 1.83. The molecule has 0 spiro atoms. The van der Waals surface area contributed by atoms with Crippen LogP contribution in [0.5, 0.6) is 0 Å². The summed E-state index contributed by atoms with van der Waals surface area (Å²) in [6.07, 6.45) is 3.83. The largest absolute Gasteiger partial charge is 0.481 e. The summed E-state index contributed by atoms with van der Waals surface area (Å²) in [6, 6.07) is 0. The van der Waals surface area contributed by atoms with E-state index in [0.29, 0.717) is 0 Å². The van der Waals surface area contributed by atoms with Gasteiger partial charge in [0.1, 0.15) is 0 Å². The van der Waals surface area contributed by atoms with E-state index >= 15 is 0 Å². The number of rotatable bonds is 1. The molecule has 1 fully saturated rings. The summed E-state index contributed by atoms with van der Waals surface area (Å²) in [4.78, 5) is 11.0. The minimum atomic E-state index is -0.634. The van der Waals surface area contributed by atoms with Crippen LogP contribution in [0.2, 0.25) is 0 Å². The molecule has 0 aromatic carbocycles. The van der Waals surface area contributed by atoms with Crippen LogP contribution in [-0.4, -0.2) is 14.5 Å². The number of carbonyl (C=O) groups is 1. The third-order valence-corrected chi connectivity index (χ3v) is 3.62. The molecule has 0 radical (unpaired) electrons. The number of halogens is 1. The number of carboxylic acid groups (broad SMARTS) is 1. The van der Waals surface area contributed by atoms with Crippen LogP contribution in [0.15, 0.2) is 0 Å². The van der Waals surface area contributed by atoms with E-state index in [1.807, 2.05) is 6.92 Å². The van der Waals surface area contributed by atoms with E-state index in [1.165, 1.54) is 0 Å². The molecule has 1 saturated carbocycles. The summed E-state index contributed by atoms with van der Waals surface area (Å²) in [5, 5.41) is 9.03. The second-order valence-electron chi connectivity index (χ2n) is 4.31. The van der Waals surface area contributed by atoms with Gasteiger partial charge < -0.3 is 5.11 Å². The Labute approximate surface area is 86.9 Å². The smallest absolute Gasteiger partial charge is 0.309 e. The second kappa shape index (κ2) is 3.16. The SMILES string of the molecule is C[C@@]1(I)CCC[C@@](C)(C(=O)O)C1. The van der Waals surface area contributed by atoms with Gasteiger partial charge in [0.2, 0.25) is 0 Å². The zero-order valence-corrected chi connectivity index (χ0v) is 9.72. The maximum atomic E-state index is 11.0. The van der Waals surface area contributed by atoms with Gasteiger partial charge in [-0.15, -0.1) is 0 Å². The molecule has 2 atom stereocenters. The number of hydrogen-bond acceptors (Lipinski definition) is 1. The topological polar surface area (TPSA) is 37.3 Å². The molecule has 1 rings (SSSR count). The first-order valence-electron chi connectivity index (χ1n) is 4.28. The second-order valence-corrected chi connectivity index (χ2v) is 6.91. The van der Waals surface area contributed by atoms with Gasteiger partial charge in [0.25, 0.3) is 0 Å². The molecule has 3 heteroatoms. The number of hydrogen-bond donors (Lipinski definition) is 1. The molecule has 70 valence electrons. The molecule has 0 unspecified atom stereocenters. The number of alkyl halides is 1. The van der Waals surface area contributed by atoms with E-state index in [9.17, 15) is 4.79 Å². The van der Waals surface area contributed by atoms with Gasteiger partial charge in [0, 0.05) is 3.42 Å². The lowest BCUT2D eigenvalue weighted by molar-refractivity contribution is -0.150. The van der Waals surface area contributed by atoms with E-state index < -0.39 is 11.4 Å². The highest BCUT2D eigenvalue weighted by Gasteiger charge is 2.42. The molecule has 1 N–H and O–H groups in total. The molecular weight excluding hydrogens is 267 g/mol. The van der Waals surface area contributed by atoms with Crippen LogP contribution in [-0.2, 0) is 4.79 Å². The molecule has 2 nitrogen and oxygen atoms in total. The van der Waals surface area contributed by atoms with E-state index in [1.54, 1.807) is 0 Å². The van der Waals surface area contributed by atoms with Crippen LogP contribution in [0.25, 0.3) is 0 Å². The Morgan fingerprint density at radius 2 is 2.00 bits per heavy atom. The average molecular weight is 282 g/mol. The van der Waals surface area contributed by atoms with Gasteiger partial charge in [-0.25, -0.2) is 0 Å². The van der Waals surface area contributed by atoms with E-state index in [4.69, 9.17) is 5.11 Å². The third kappa shape index (κ3) is 2.12. The first-order chi connectivity index (χ1) is 5.36. The fourth-order valence-electron chi connectivity index (χ4n) is 2.02. The Morgan fingerprint density at radius 1 is 1.42 bits per heavy atom. The first-order valence-corrected chi connectivity index (χ1v) is 5.36. The van der Waals surface area contributed by atoms with Gasteiger partial charge in [-0.3, -0.25) is 4.79 Å². The Hall–Kier alpha value is 0.200. The van der Waals surface area contributed by atoms with Crippen LogP contribution >= 0.6 is 22.6 Å². The minimum absolute atomic E-state index is 0.184. The summed E-state index contributed by atoms with van der Waals surface area (Å²) in [7, 11) is 0. The van der Waals surface area contributed by atoms with Gasteiger partial charge in [-0.1, -0.05) is 35.9 Å². The zero-order chi connectivity index (χ0) is 9.41. The molecule has 0 aromatic rings. The predicted octanol–water partition coefficient (Wildman–Crippen LogP) is 2.85. The normalized spacial score (nSPS) is 42.6. The van der Waals surface area contributed by atoms with Crippen molar-refractivity contribution in [1.29, 1.82) is 0 Å². The van der Waals surface area contributed by atoms with Gasteiger partial charge in [0.15, 0.2) is 0 Å². The van der Waals surface area contributed by atoms with Gasteiger partial charge in [0.05, 0.1) is 5.41 Å². The Bertz CT molecular complexity index is 201. The maximum absolute atomic E-state index is 11.0. The fraction of sp³-hybridized carbons (Fsp3) is 0.889. The molecular formula is C9H15IO2. The predicted molar refractivity (Wildman–Crippen MR) is 56.6 cm³/mol. The van der Waals surface area contributed by atoms with E-state index in [-0.39, 0.29) is 3.42 Å². The monoisotopic (exact) mass is 282 g/mol. The van der Waals surface area contributed by atoms with Gasteiger partial charge in [-0.2, -0.15) is 0 Å². The molecule has 12 heavy (non-hydrogen) atoms. The van der Waals surface area contributed by atoms with Crippen molar-refractivity contribution in [2.45, 2.75) is 43.0 Å². The molecule has 0 aliphatic heterocycles. The quantitative estimate of drug-likeness (QED) is 0.593. The Kier molecular flexibility index (Phi) is 2.71. The van der Waals surface area contributed by atoms with Crippen molar-refractivity contribution < 1.29 is 9.90 Å². The highest BCUT2D eigenvalue weighted by molar-refractivity contribution is 14.1. The summed E-state index contributed by atoms with van der Waals surface area (Å²) in [5.41, 5.74) is -0.478. The summed E-state index contributed by atoms with van der Waals surface area (Å²) >= 11 is 2.39. The van der Waals surface area contributed by atoms with Gasteiger partial charge >= 0.3 is 5.97 Å². The summed E-state index contributed by atoms with van der Waals surface area (Å²) in [5.74, 6) is -0.634. The molecule has 0 amide bonds. The van der Waals surface area contributed by atoms with Crippen LogP contribution in [0, 0.1) is 5.41 Å². The van der Waals surface area contributed by atoms with E-state index in [2.05, 4.69) is 29.5 Å². The fourth-order valence-corrected chi connectivity index (χ4v) is 3.24.